The van der Waals surface area contributed by atoms with Crippen LogP contribution in [0.5, 0.6) is 17.2 Å². The van der Waals surface area contributed by atoms with Gasteiger partial charge in [0.15, 0.2) is 21.2 Å². The maximum Gasteiger partial charge on any atom is 0.258 e. The first-order chi connectivity index (χ1) is 22.4. The third-order valence-corrected chi connectivity index (χ3v) is 11.5. The highest BCUT2D eigenvalue weighted by Gasteiger charge is 2.76. The Labute approximate surface area is 283 Å². The fraction of sp³-hybridized carbons (Fsp3) is 0.294. The van der Waals surface area contributed by atoms with Crippen LogP contribution in [0, 0.1) is 23.6 Å². The Morgan fingerprint density at radius 2 is 1.40 bits per heavy atom. The number of fused-ring (bicyclic) bond motifs is 4. The molecule has 47 heavy (non-hydrogen) atoms. The van der Waals surface area contributed by atoms with E-state index in [2.05, 4.69) is 0 Å². The lowest BCUT2D eigenvalue weighted by atomic mass is 9.56. The highest BCUT2D eigenvalue weighted by molar-refractivity contribution is 6.58. The van der Waals surface area contributed by atoms with Crippen LogP contribution in [0.1, 0.15) is 24.3 Å². The number of alkyl halides is 2. The lowest BCUT2D eigenvalue weighted by Gasteiger charge is -2.50. The lowest BCUT2D eigenvalue weighted by molar-refractivity contribution is -0.125. The maximum atomic E-state index is 14.5. The van der Waals surface area contributed by atoms with Crippen LogP contribution in [0.25, 0.3) is 0 Å². The van der Waals surface area contributed by atoms with Gasteiger partial charge < -0.3 is 14.6 Å². The van der Waals surface area contributed by atoms with E-state index in [-0.39, 0.29) is 35.8 Å². The molecule has 2 saturated heterocycles. The number of nitrogens with zero attached hydrogens (tertiary/aromatic N) is 2. The van der Waals surface area contributed by atoms with Crippen molar-refractivity contribution < 1.29 is 38.1 Å². The molecule has 13 heteroatoms. The van der Waals surface area contributed by atoms with E-state index in [1.54, 1.807) is 30.3 Å². The third-order valence-electron chi connectivity index (χ3n) is 9.82. The molecule has 0 bridgehead atoms. The number of phenols is 1. The Morgan fingerprint density at radius 3 is 2.00 bits per heavy atom. The number of hydrogen-bond donors (Lipinski definition) is 1. The molecule has 9 nitrogen and oxygen atoms in total. The molecule has 3 fully saturated rings. The zero-order valence-electron chi connectivity index (χ0n) is 24.9. The van der Waals surface area contributed by atoms with Gasteiger partial charge in [-0.15, -0.1) is 23.2 Å². The molecule has 6 atom stereocenters. The number of methoxy groups -OCH3 is 2. The minimum absolute atomic E-state index is 0.00407. The molecule has 0 aromatic heterocycles. The number of amides is 4. The Bertz CT molecular complexity index is 1880. The van der Waals surface area contributed by atoms with Gasteiger partial charge in [0.1, 0.15) is 5.82 Å². The Hall–Kier alpha value is -4.12. The molecule has 4 aliphatic rings. The molecule has 242 valence electrons. The molecule has 0 radical (unpaired) electrons. The number of aromatic hydroxyl groups is 1. The van der Waals surface area contributed by atoms with Gasteiger partial charge in [0.25, 0.3) is 11.8 Å². The van der Waals surface area contributed by atoms with Crippen molar-refractivity contribution in [2.45, 2.75) is 28.5 Å². The second-order valence-electron chi connectivity index (χ2n) is 12.0. The predicted molar refractivity (Wildman–Crippen MR) is 172 cm³/mol. The summed E-state index contributed by atoms with van der Waals surface area (Å²) in [5, 5.41) is 11.1. The number of rotatable bonds is 5. The van der Waals surface area contributed by atoms with Crippen molar-refractivity contribution >= 4 is 69.8 Å². The first-order valence-corrected chi connectivity index (χ1v) is 15.8. The lowest BCUT2D eigenvalue weighted by Crippen LogP contribution is -2.60. The molecular formula is C34H26Cl3FN2O7. The summed E-state index contributed by atoms with van der Waals surface area (Å²) in [5.74, 6) is -7.10. The van der Waals surface area contributed by atoms with E-state index >= 15 is 0 Å². The van der Waals surface area contributed by atoms with Gasteiger partial charge in [0, 0.05) is 10.9 Å². The number of anilines is 2. The molecule has 2 aliphatic heterocycles. The average Bonchev–Trinajstić information content (AvgIpc) is 3.40. The number of allylic oxidation sites excluding steroid dienone is 2. The summed E-state index contributed by atoms with van der Waals surface area (Å²) in [7, 11) is 2.67. The summed E-state index contributed by atoms with van der Waals surface area (Å²) >= 11 is 20.9. The van der Waals surface area contributed by atoms with Crippen molar-refractivity contribution in [3.05, 3.63) is 88.7 Å². The molecule has 1 saturated carbocycles. The highest BCUT2D eigenvalue weighted by atomic mass is 35.5. The predicted octanol–water partition coefficient (Wildman–Crippen LogP) is 5.97. The minimum Gasteiger partial charge on any atom is -0.502 e. The number of imide groups is 2. The fourth-order valence-corrected chi connectivity index (χ4v) is 8.76. The van der Waals surface area contributed by atoms with Crippen LogP contribution in [0.15, 0.2) is 72.3 Å². The largest absolute Gasteiger partial charge is 0.502 e. The van der Waals surface area contributed by atoms with E-state index in [4.69, 9.17) is 44.3 Å². The number of carbonyl (C=O) groups is 4. The molecule has 4 amide bonds. The average molecular weight is 700 g/mol. The van der Waals surface area contributed by atoms with E-state index in [0.717, 1.165) is 21.9 Å². The Kier molecular flexibility index (Phi) is 7.35. The number of carbonyl (C=O) groups excluding carboxylic acids is 4. The van der Waals surface area contributed by atoms with Crippen LogP contribution in [0.4, 0.5) is 15.8 Å². The van der Waals surface area contributed by atoms with Gasteiger partial charge in [-0.3, -0.25) is 24.1 Å². The van der Waals surface area contributed by atoms with Gasteiger partial charge in [0.2, 0.25) is 17.6 Å². The molecule has 3 aromatic rings. The normalized spacial score (nSPS) is 29.8. The number of ether oxygens (including phenoxy) is 2. The van der Waals surface area contributed by atoms with Crippen molar-refractivity contribution in [1.29, 1.82) is 0 Å². The summed E-state index contributed by atoms with van der Waals surface area (Å²) in [6.45, 7) is 0. The molecule has 2 heterocycles. The van der Waals surface area contributed by atoms with E-state index in [0.29, 0.717) is 21.8 Å². The van der Waals surface area contributed by atoms with E-state index in [1.807, 2.05) is 0 Å². The number of phenolic OH excluding ortho intramolecular Hbond substituents is 1. The summed E-state index contributed by atoms with van der Waals surface area (Å²) in [5.41, 5.74) is 1.27. The second-order valence-corrected chi connectivity index (χ2v) is 13.7. The van der Waals surface area contributed by atoms with Crippen molar-refractivity contribution in [3.63, 3.8) is 0 Å². The topological polar surface area (TPSA) is 113 Å². The smallest absolute Gasteiger partial charge is 0.258 e. The van der Waals surface area contributed by atoms with Gasteiger partial charge in [-0.25, -0.2) is 9.29 Å². The zero-order valence-corrected chi connectivity index (χ0v) is 27.1. The first-order valence-electron chi connectivity index (χ1n) is 14.7. The maximum absolute atomic E-state index is 14.5. The molecule has 1 N–H and O–H groups in total. The third kappa shape index (κ3) is 4.27. The SMILES string of the molecule is COc1cc([C@H]2C3=CC[C@@H]4C(=O)N(c5ccc(Cl)cc5)C(=O)[C@@H]4[C@@H]3C[C@@]3(Cl)C(=O)N(c4ccc(F)cc4)C(=O)[C@@]23Cl)cc(OC)c1O. The zero-order chi connectivity index (χ0) is 33.6. The molecule has 3 aromatic carbocycles. The van der Waals surface area contributed by atoms with Crippen LogP contribution >= 0.6 is 34.8 Å². The summed E-state index contributed by atoms with van der Waals surface area (Å²) < 4.78 is 24.7. The van der Waals surface area contributed by atoms with E-state index < -0.39 is 62.9 Å². The quantitative estimate of drug-likeness (QED) is 0.198. The van der Waals surface area contributed by atoms with Gasteiger partial charge in [-0.2, -0.15) is 0 Å². The summed E-state index contributed by atoms with van der Waals surface area (Å²) in [4.78, 5) is 54.6. The number of halogens is 4. The van der Waals surface area contributed by atoms with Gasteiger partial charge in [-0.1, -0.05) is 23.3 Å². The van der Waals surface area contributed by atoms with Crippen molar-refractivity contribution in [2.75, 3.05) is 24.0 Å². The van der Waals surface area contributed by atoms with E-state index in [9.17, 15) is 28.7 Å². The minimum atomic E-state index is -2.16. The van der Waals surface area contributed by atoms with Crippen LogP contribution in [-0.4, -0.2) is 52.7 Å². The van der Waals surface area contributed by atoms with E-state index in [1.165, 1.54) is 38.5 Å². The number of benzene rings is 3. The molecule has 0 unspecified atom stereocenters. The second kappa shape index (κ2) is 11.0. The van der Waals surface area contributed by atoms with Gasteiger partial charge in [-0.05, 0) is 85.0 Å². The monoisotopic (exact) mass is 698 g/mol. The molecule has 0 spiro atoms. The van der Waals surface area contributed by atoms with Crippen molar-refractivity contribution in [2.24, 2.45) is 17.8 Å². The van der Waals surface area contributed by atoms with Crippen molar-refractivity contribution in [3.8, 4) is 17.2 Å². The van der Waals surface area contributed by atoms with Crippen LogP contribution in [0.3, 0.4) is 0 Å². The standard InChI is InChI=1S/C34H26Cl3FN2O7/c1-46-24-13-16(14-25(47-2)28(24)41)27-21-11-12-22-26(30(43)39(29(22)42)19-7-3-17(35)4-8-19)23(21)15-33(36)31(44)40(32(45)34(27,33)37)20-9-5-18(38)6-10-20/h3-11,13-14,22-23,26-27,41H,12,15H2,1-2H3/t22-,23+,26-,27-,33+,34-/m0/s1. The molecule has 2 aliphatic carbocycles. The van der Waals surface area contributed by atoms with Crippen LogP contribution in [0.2, 0.25) is 5.02 Å². The fourth-order valence-electron chi connectivity index (χ4n) is 7.70. The summed E-state index contributed by atoms with van der Waals surface area (Å²) in [6.07, 6.45) is 1.70. The first kappa shape index (κ1) is 31.5. The molecule has 7 rings (SSSR count). The van der Waals surface area contributed by atoms with Crippen LogP contribution in [-0.2, 0) is 19.2 Å². The van der Waals surface area contributed by atoms with Gasteiger partial charge in [0.05, 0.1) is 37.4 Å². The Balaban J connectivity index is 1.43. The summed E-state index contributed by atoms with van der Waals surface area (Å²) in [6, 6.07) is 14.0. The van der Waals surface area contributed by atoms with Crippen molar-refractivity contribution in [1.82, 2.24) is 0 Å². The van der Waals surface area contributed by atoms with Gasteiger partial charge >= 0.3 is 0 Å². The molecular weight excluding hydrogens is 674 g/mol. The highest BCUT2D eigenvalue weighted by Crippen LogP contribution is 2.66. The number of hydrogen-bond acceptors (Lipinski definition) is 7. The van der Waals surface area contributed by atoms with Crippen LogP contribution < -0.4 is 19.3 Å². The Morgan fingerprint density at radius 1 is 0.830 bits per heavy atom.